The number of rotatable bonds is 2. The summed E-state index contributed by atoms with van der Waals surface area (Å²) in [6.07, 6.45) is 3.25. The van der Waals surface area contributed by atoms with E-state index in [9.17, 15) is 13.2 Å². The van der Waals surface area contributed by atoms with Crippen LogP contribution in [0.4, 0.5) is 0 Å². The third-order valence-corrected chi connectivity index (χ3v) is 7.08. The van der Waals surface area contributed by atoms with Gasteiger partial charge in [-0.25, -0.2) is 8.42 Å². The summed E-state index contributed by atoms with van der Waals surface area (Å²) in [7, 11) is -3.37. The van der Waals surface area contributed by atoms with E-state index in [0.29, 0.717) is 0 Å². The van der Waals surface area contributed by atoms with E-state index in [2.05, 4.69) is 10.3 Å². The van der Waals surface area contributed by atoms with Crippen LogP contribution >= 0.6 is 0 Å². The Hall–Kier alpha value is -1.44. The van der Waals surface area contributed by atoms with Crippen molar-refractivity contribution in [2.75, 3.05) is 0 Å². The standard InChI is InChI=1S/C10H14N4O3S/c1-7-10(2,6-13-4-3-11-12-13)18(16,17)9-5-8(15)14(7)9/h3-4,7,9H,5-6H2,1-2H3/t7?,9-,10?/m1/s1. The molecule has 0 N–H and O–H groups in total. The van der Waals surface area contributed by atoms with Crippen molar-refractivity contribution in [3.05, 3.63) is 12.4 Å². The fourth-order valence-corrected chi connectivity index (χ4v) is 5.31. The van der Waals surface area contributed by atoms with Gasteiger partial charge in [0, 0.05) is 6.20 Å². The van der Waals surface area contributed by atoms with Gasteiger partial charge in [-0.05, 0) is 13.8 Å². The van der Waals surface area contributed by atoms with Gasteiger partial charge >= 0.3 is 0 Å². The Morgan fingerprint density at radius 3 is 2.78 bits per heavy atom. The lowest BCUT2D eigenvalue weighted by molar-refractivity contribution is -0.144. The van der Waals surface area contributed by atoms with Crippen LogP contribution in [0.15, 0.2) is 12.4 Å². The molecule has 1 amide bonds. The van der Waals surface area contributed by atoms with E-state index in [0.717, 1.165) is 0 Å². The predicted octanol–water partition coefficient (Wildman–Crippen LogP) is -0.588. The van der Waals surface area contributed by atoms with E-state index in [4.69, 9.17) is 0 Å². The Labute approximate surface area is 105 Å². The van der Waals surface area contributed by atoms with Crippen LogP contribution in [0.2, 0.25) is 0 Å². The molecule has 0 radical (unpaired) electrons. The van der Waals surface area contributed by atoms with Crippen LogP contribution in [0.3, 0.4) is 0 Å². The minimum Gasteiger partial charge on any atom is -0.321 e. The number of nitrogens with zero attached hydrogens (tertiary/aromatic N) is 4. The second-order valence-corrected chi connectivity index (χ2v) is 7.66. The lowest BCUT2D eigenvalue weighted by atomic mass is 9.98. The molecule has 1 aromatic rings. The molecule has 2 aliphatic heterocycles. The van der Waals surface area contributed by atoms with Crippen LogP contribution in [0, 0.1) is 0 Å². The van der Waals surface area contributed by atoms with Crippen LogP contribution in [-0.2, 0) is 21.2 Å². The highest BCUT2D eigenvalue weighted by molar-refractivity contribution is 7.93. The Balaban J connectivity index is 2.02. The van der Waals surface area contributed by atoms with Gasteiger partial charge in [0.05, 0.1) is 25.2 Å². The van der Waals surface area contributed by atoms with Gasteiger partial charge < -0.3 is 4.90 Å². The zero-order chi connectivity index (χ0) is 13.1. The van der Waals surface area contributed by atoms with E-state index in [1.54, 1.807) is 20.0 Å². The molecule has 2 aliphatic rings. The molecule has 3 rings (SSSR count). The zero-order valence-corrected chi connectivity index (χ0v) is 11.0. The second kappa shape index (κ2) is 3.31. The summed E-state index contributed by atoms with van der Waals surface area (Å²) in [6, 6.07) is -0.335. The van der Waals surface area contributed by atoms with Gasteiger partial charge in [-0.15, -0.1) is 5.10 Å². The van der Waals surface area contributed by atoms with Gasteiger partial charge in [0.1, 0.15) is 10.1 Å². The third-order valence-electron chi connectivity index (χ3n) is 4.20. The molecule has 3 atom stereocenters. The maximum absolute atomic E-state index is 12.5. The van der Waals surface area contributed by atoms with Crippen molar-refractivity contribution < 1.29 is 13.2 Å². The molecule has 7 nitrogen and oxygen atoms in total. The topological polar surface area (TPSA) is 85.2 Å². The van der Waals surface area contributed by atoms with Gasteiger partial charge in [-0.3, -0.25) is 9.48 Å². The van der Waals surface area contributed by atoms with Gasteiger partial charge in [0.25, 0.3) is 0 Å². The molecule has 1 aromatic heterocycles. The number of hydrogen-bond acceptors (Lipinski definition) is 5. The minimum absolute atomic E-state index is 0.0848. The first-order valence-electron chi connectivity index (χ1n) is 5.76. The highest BCUT2D eigenvalue weighted by Crippen LogP contribution is 2.46. The summed E-state index contributed by atoms with van der Waals surface area (Å²) in [5.41, 5.74) is 0. The fourth-order valence-electron chi connectivity index (χ4n) is 2.83. The zero-order valence-electron chi connectivity index (χ0n) is 10.1. The van der Waals surface area contributed by atoms with Crippen molar-refractivity contribution in [2.45, 2.75) is 43.0 Å². The molecular formula is C10H14N4O3S. The quantitative estimate of drug-likeness (QED) is 0.671. The monoisotopic (exact) mass is 270 g/mol. The first-order chi connectivity index (χ1) is 8.38. The molecule has 0 spiro atoms. The summed E-state index contributed by atoms with van der Waals surface area (Å²) in [6.45, 7) is 3.68. The van der Waals surface area contributed by atoms with Crippen molar-refractivity contribution in [1.82, 2.24) is 19.9 Å². The molecule has 18 heavy (non-hydrogen) atoms. The first-order valence-corrected chi connectivity index (χ1v) is 7.31. The molecule has 2 fully saturated rings. The van der Waals surface area contributed by atoms with Crippen molar-refractivity contribution in [1.29, 1.82) is 0 Å². The van der Waals surface area contributed by atoms with Gasteiger partial charge in [-0.1, -0.05) is 5.21 Å². The fraction of sp³-hybridized carbons (Fsp3) is 0.700. The Morgan fingerprint density at radius 2 is 2.28 bits per heavy atom. The number of β-lactam (4-membered cyclic amide) rings is 1. The van der Waals surface area contributed by atoms with E-state index >= 15 is 0 Å². The molecule has 2 saturated heterocycles. The highest BCUT2D eigenvalue weighted by atomic mass is 32.2. The largest absolute Gasteiger partial charge is 0.321 e. The minimum atomic E-state index is -3.37. The number of hydrogen-bond donors (Lipinski definition) is 0. The summed E-state index contributed by atoms with van der Waals surface area (Å²) >= 11 is 0. The maximum Gasteiger partial charge on any atom is 0.227 e. The molecular weight excluding hydrogens is 256 g/mol. The molecule has 8 heteroatoms. The second-order valence-electron chi connectivity index (χ2n) is 5.09. The average molecular weight is 270 g/mol. The molecule has 0 aliphatic carbocycles. The van der Waals surface area contributed by atoms with E-state index in [-0.39, 0.29) is 24.9 Å². The predicted molar refractivity (Wildman–Crippen MR) is 62.1 cm³/mol. The maximum atomic E-state index is 12.5. The van der Waals surface area contributed by atoms with Crippen molar-refractivity contribution in [2.24, 2.45) is 0 Å². The van der Waals surface area contributed by atoms with Crippen LogP contribution in [0.1, 0.15) is 20.3 Å². The first kappa shape index (κ1) is 11.6. The lowest BCUT2D eigenvalue weighted by Gasteiger charge is -2.36. The number of aromatic nitrogens is 3. The Morgan fingerprint density at radius 1 is 1.56 bits per heavy atom. The average Bonchev–Trinajstić information content (AvgIpc) is 2.80. The van der Waals surface area contributed by atoms with Crippen LogP contribution < -0.4 is 0 Å². The number of fused-ring (bicyclic) bond motifs is 1. The molecule has 0 saturated carbocycles. The molecule has 3 heterocycles. The summed E-state index contributed by atoms with van der Waals surface area (Å²) < 4.78 is 25.5. The SMILES string of the molecule is CC1N2C(=O)C[C@H]2S(=O)(=O)C1(C)Cn1ccnn1. The highest BCUT2D eigenvalue weighted by Gasteiger charge is 2.65. The number of amides is 1. The van der Waals surface area contributed by atoms with Crippen molar-refractivity contribution in [3.8, 4) is 0 Å². The summed E-state index contributed by atoms with van der Waals surface area (Å²) in [4.78, 5) is 13.0. The third kappa shape index (κ3) is 1.18. The van der Waals surface area contributed by atoms with Crippen LogP contribution in [0.25, 0.3) is 0 Å². The molecule has 0 bridgehead atoms. The van der Waals surface area contributed by atoms with Gasteiger partial charge in [0.2, 0.25) is 5.91 Å². The van der Waals surface area contributed by atoms with E-state index < -0.39 is 20.0 Å². The summed E-state index contributed by atoms with van der Waals surface area (Å²) in [5.74, 6) is -0.0848. The molecule has 0 aromatic carbocycles. The smallest absolute Gasteiger partial charge is 0.227 e. The van der Waals surface area contributed by atoms with Crippen molar-refractivity contribution in [3.63, 3.8) is 0 Å². The molecule has 2 unspecified atom stereocenters. The Kier molecular flexibility index (Phi) is 2.14. The van der Waals surface area contributed by atoms with E-state index in [1.807, 2.05) is 0 Å². The van der Waals surface area contributed by atoms with Crippen molar-refractivity contribution >= 4 is 15.7 Å². The lowest BCUT2D eigenvalue weighted by Crippen LogP contribution is -2.53. The normalized spacial score (nSPS) is 37.4. The molecule has 98 valence electrons. The van der Waals surface area contributed by atoms with Crippen LogP contribution in [0.5, 0.6) is 0 Å². The van der Waals surface area contributed by atoms with Gasteiger partial charge in [-0.2, -0.15) is 0 Å². The number of carbonyl (C=O) groups is 1. The van der Waals surface area contributed by atoms with Crippen LogP contribution in [-0.4, -0.2) is 50.4 Å². The van der Waals surface area contributed by atoms with E-state index in [1.165, 1.54) is 15.8 Å². The van der Waals surface area contributed by atoms with Gasteiger partial charge in [0.15, 0.2) is 9.84 Å². The number of carbonyl (C=O) groups excluding carboxylic acids is 1. The summed E-state index contributed by atoms with van der Waals surface area (Å²) in [5, 5.41) is 6.84. The number of sulfone groups is 1. The Bertz CT molecular complexity index is 597.